The lowest BCUT2D eigenvalue weighted by Crippen LogP contribution is -2.32. The Hall–Kier alpha value is 0.270. The first-order valence-electron chi connectivity index (χ1n) is 6.00. The van der Waals surface area contributed by atoms with Crippen LogP contribution >= 0.6 is 11.8 Å². The van der Waals surface area contributed by atoms with Crippen molar-refractivity contribution in [3.63, 3.8) is 0 Å². The highest BCUT2D eigenvalue weighted by Crippen LogP contribution is 2.03. The molecule has 0 spiro atoms. The Kier molecular flexibility index (Phi) is 11.0. The normalized spacial score (nSPS) is 13.4. The fraction of sp³-hybridized carbons (Fsp3) is 1.00. The Bertz CT molecular complexity index is 125. The first-order valence-corrected chi connectivity index (χ1v) is 7.40. The molecule has 1 N–H and O–H groups in total. The Morgan fingerprint density at radius 1 is 1.20 bits per heavy atom. The van der Waals surface area contributed by atoms with Crippen LogP contribution in [0.5, 0.6) is 0 Å². The van der Waals surface area contributed by atoms with Crippen molar-refractivity contribution in [2.45, 2.75) is 39.7 Å². The van der Waals surface area contributed by atoms with Crippen molar-refractivity contribution in [1.29, 1.82) is 0 Å². The number of thioether (sulfide) groups is 1. The minimum atomic E-state index is 0.615. The molecule has 0 rings (SSSR count). The van der Waals surface area contributed by atoms with Crippen LogP contribution in [0.25, 0.3) is 0 Å². The molecule has 15 heavy (non-hydrogen) atoms. The Labute approximate surface area is 99.5 Å². The second-order valence-electron chi connectivity index (χ2n) is 4.29. The van der Waals surface area contributed by atoms with Gasteiger partial charge in [0.1, 0.15) is 0 Å². The summed E-state index contributed by atoms with van der Waals surface area (Å²) in [5.74, 6) is 1.93. The molecule has 0 fully saturated rings. The third-order valence-corrected chi connectivity index (χ3v) is 3.05. The van der Waals surface area contributed by atoms with E-state index in [4.69, 9.17) is 4.74 Å². The molecule has 0 aromatic heterocycles. The van der Waals surface area contributed by atoms with E-state index < -0.39 is 0 Å². The third-order valence-electron chi connectivity index (χ3n) is 2.31. The summed E-state index contributed by atoms with van der Waals surface area (Å²) in [6, 6.07) is 0.615. The summed E-state index contributed by atoms with van der Waals surface area (Å²) >= 11 is 1.90. The first-order chi connectivity index (χ1) is 7.20. The summed E-state index contributed by atoms with van der Waals surface area (Å²) in [6.07, 6.45) is 4.46. The lowest BCUT2D eigenvalue weighted by atomic mass is 10.1. The molecule has 1 unspecified atom stereocenters. The predicted molar refractivity (Wildman–Crippen MR) is 70.7 cm³/mol. The molecular weight excluding hydrogens is 206 g/mol. The van der Waals surface area contributed by atoms with Gasteiger partial charge < -0.3 is 10.1 Å². The van der Waals surface area contributed by atoms with E-state index in [1.54, 1.807) is 0 Å². The monoisotopic (exact) mass is 233 g/mol. The molecule has 0 saturated heterocycles. The van der Waals surface area contributed by atoms with E-state index in [0.717, 1.165) is 32.1 Å². The Balaban J connectivity index is 3.36. The molecule has 0 aliphatic rings. The molecule has 0 aliphatic carbocycles. The zero-order valence-electron chi connectivity index (χ0n) is 10.7. The maximum absolute atomic E-state index is 5.62. The fourth-order valence-electron chi connectivity index (χ4n) is 1.38. The van der Waals surface area contributed by atoms with Gasteiger partial charge in [-0.1, -0.05) is 20.8 Å². The smallest absolute Gasteiger partial charge is 0.0481 e. The van der Waals surface area contributed by atoms with Gasteiger partial charge in [-0.15, -0.1) is 0 Å². The molecule has 3 heteroatoms. The summed E-state index contributed by atoms with van der Waals surface area (Å²) in [7, 11) is 0. The van der Waals surface area contributed by atoms with Crippen LogP contribution in [0.1, 0.15) is 33.6 Å². The highest BCUT2D eigenvalue weighted by atomic mass is 32.2. The third kappa shape index (κ3) is 10.6. The van der Waals surface area contributed by atoms with Gasteiger partial charge >= 0.3 is 0 Å². The van der Waals surface area contributed by atoms with Gasteiger partial charge in [0.2, 0.25) is 0 Å². The molecule has 0 aliphatic heterocycles. The van der Waals surface area contributed by atoms with Crippen LogP contribution in [0.4, 0.5) is 0 Å². The number of nitrogens with one attached hydrogen (secondary N) is 1. The predicted octanol–water partition coefficient (Wildman–Crippen LogP) is 2.78. The highest BCUT2D eigenvalue weighted by Gasteiger charge is 2.05. The van der Waals surface area contributed by atoms with Gasteiger partial charge in [0, 0.05) is 25.0 Å². The molecule has 0 bridgehead atoms. The summed E-state index contributed by atoms with van der Waals surface area (Å²) in [6.45, 7) is 9.49. The molecule has 0 saturated carbocycles. The SMILES string of the molecule is CCNC(CCOCCC(C)C)CSC. The van der Waals surface area contributed by atoms with Gasteiger partial charge in [-0.25, -0.2) is 0 Å². The number of rotatable bonds is 10. The van der Waals surface area contributed by atoms with E-state index in [9.17, 15) is 0 Å². The average Bonchev–Trinajstić information content (AvgIpc) is 2.17. The van der Waals surface area contributed by atoms with Crippen molar-refractivity contribution in [3.8, 4) is 0 Å². The van der Waals surface area contributed by atoms with Gasteiger partial charge in [0.25, 0.3) is 0 Å². The summed E-state index contributed by atoms with van der Waals surface area (Å²) in [5.41, 5.74) is 0. The molecule has 0 amide bonds. The van der Waals surface area contributed by atoms with Crippen molar-refractivity contribution in [2.24, 2.45) is 5.92 Å². The van der Waals surface area contributed by atoms with Crippen LogP contribution in [0.2, 0.25) is 0 Å². The van der Waals surface area contributed by atoms with Crippen LogP contribution in [0.3, 0.4) is 0 Å². The van der Waals surface area contributed by atoms with Gasteiger partial charge in [0.15, 0.2) is 0 Å². The zero-order valence-corrected chi connectivity index (χ0v) is 11.5. The highest BCUT2D eigenvalue weighted by molar-refractivity contribution is 7.98. The van der Waals surface area contributed by atoms with Crippen LogP contribution in [-0.4, -0.2) is 37.8 Å². The van der Waals surface area contributed by atoms with Gasteiger partial charge in [-0.2, -0.15) is 11.8 Å². The van der Waals surface area contributed by atoms with Crippen LogP contribution in [0.15, 0.2) is 0 Å². The number of hydrogen-bond donors (Lipinski definition) is 1. The average molecular weight is 233 g/mol. The molecule has 0 radical (unpaired) electrons. The summed E-state index contributed by atoms with van der Waals surface area (Å²) < 4.78 is 5.62. The lowest BCUT2D eigenvalue weighted by Gasteiger charge is -2.16. The minimum absolute atomic E-state index is 0.615. The van der Waals surface area contributed by atoms with Crippen molar-refractivity contribution in [3.05, 3.63) is 0 Å². The quantitative estimate of drug-likeness (QED) is 0.586. The van der Waals surface area contributed by atoms with Crippen molar-refractivity contribution in [1.82, 2.24) is 5.32 Å². The van der Waals surface area contributed by atoms with E-state index in [1.807, 2.05) is 11.8 Å². The maximum atomic E-state index is 5.62. The van der Waals surface area contributed by atoms with Crippen molar-refractivity contribution >= 4 is 11.8 Å². The van der Waals surface area contributed by atoms with Gasteiger partial charge in [0.05, 0.1) is 0 Å². The molecule has 92 valence electrons. The molecule has 0 aromatic rings. The van der Waals surface area contributed by atoms with E-state index in [-0.39, 0.29) is 0 Å². The Morgan fingerprint density at radius 2 is 1.87 bits per heavy atom. The molecule has 2 nitrogen and oxygen atoms in total. The van der Waals surface area contributed by atoms with E-state index in [2.05, 4.69) is 32.3 Å². The zero-order chi connectivity index (χ0) is 11.5. The van der Waals surface area contributed by atoms with E-state index in [0.29, 0.717) is 6.04 Å². The molecule has 0 aromatic carbocycles. The van der Waals surface area contributed by atoms with Gasteiger partial charge in [-0.05, 0) is 31.6 Å². The lowest BCUT2D eigenvalue weighted by molar-refractivity contribution is 0.116. The fourth-order valence-corrected chi connectivity index (χ4v) is 2.07. The standard InChI is InChI=1S/C12H27NOS/c1-5-13-12(10-15-4)7-9-14-8-6-11(2)3/h11-13H,5-10H2,1-4H3. The number of hydrogen-bond acceptors (Lipinski definition) is 3. The second-order valence-corrected chi connectivity index (χ2v) is 5.20. The first kappa shape index (κ1) is 15.3. The largest absolute Gasteiger partial charge is 0.381 e. The van der Waals surface area contributed by atoms with E-state index >= 15 is 0 Å². The van der Waals surface area contributed by atoms with E-state index in [1.165, 1.54) is 12.2 Å². The second kappa shape index (κ2) is 10.8. The minimum Gasteiger partial charge on any atom is -0.381 e. The Morgan fingerprint density at radius 3 is 2.40 bits per heavy atom. The molecule has 1 atom stereocenters. The summed E-state index contributed by atoms with van der Waals surface area (Å²) in [4.78, 5) is 0. The molecular formula is C12H27NOS. The van der Waals surface area contributed by atoms with Crippen LogP contribution in [-0.2, 0) is 4.74 Å². The van der Waals surface area contributed by atoms with Crippen molar-refractivity contribution < 1.29 is 4.74 Å². The van der Waals surface area contributed by atoms with Crippen LogP contribution < -0.4 is 5.32 Å². The summed E-state index contributed by atoms with van der Waals surface area (Å²) in [5, 5.41) is 3.48. The number of ether oxygens (including phenoxy) is 1. The van der Waals surface area contributed by atoms with Crippen LogP contribution in [0, 0.1) is 5.92 Å². The topological polar surface area (TPSA) is 21.3 Å². The molecule has 0 heterocycles. The van der Waals surface area contributed by atoms with Crippen molar-refractivity contribution in [2.75, 3.05) is 31.8 Å². The van der Waals surface area contributed by atoms with Gasteiger partial charge in [-0.3, -0.25) is 0 Å². The maximum Gasteiger partial charge on any atom is 0.0481 e.